The topological polar surface area (TPSA) is 35.5 Å². The van der Waals surface area contributed by atoms with E-state index in [4.69, 9.17) is 0 Å². The summed E-state index contributed by atoms with van der Waals surface area (Å²) >= 11 is 0. The van der Waals surface area contributed by atoms with Crippen molar-refractivity contribution in [3.05, 3.63) is 12.0 Å². The summed E-state index contributed by atoms with van der Waals surface area (Å²) in [5.41, 5.74) is 0. The molecule has 56 valence electrons. The molecule has 1 saturated heterocycles. The van der Waals surface area contributed by atoms with E-state index in [-0.39, 0.29) is 0 Å². The first-order chi connectivity index (χ1) is 4.83. The van der Waals surface area contributed by atoms with E-state index in [1.54, 1.807) is 6.08 Å². The standard InChI is InChI=1S/C7H10O3/c1-2-3-4-5-6-9-7(8)10-6/h5H,2-4H2,1H3. The molecule has 0 amide bonds. The van der Waals surface area contributed by atoms with E-state index >= 15 is 0 Å². The molecule has 0 N–H and O–H groups in total. The first kappa shape index (κ1) is 7.12. The molecule has 0 aliphatic carbocycles. The molecule has 0 bridgehead atoms. The third-order valence-corrected chi connectivity index (χ3v) is 1.24. The summed E-state index contributed by atoms with van der Waals surface area (Å²) in [6.45, 7) is 2.10. The summed E-state index contributed by atoms with van der Waals surface area (Å²) in [7, 11) is 0. The molecule has 10 heavy (non-hydrogen) atoms. The van der Waals surface area contributed by atoms with Crippen molar-refractivity contribution < 1.29 is 14.3 Å². The van der Waals surface area contributed by atoms with Gasteiger partial charge in [0, 0.05) is 0 Å². The van der Waals surface area contributed by atoms with Crippen molar-refractivity contribution in [1.82, 2.24) is 0 Å². The molecule has 1 aliphatic rings. The van der Waals surface area contributed by atoms with Gasteiger partial charge in [-0.15, -0.1) is 0 Å². The second-order valence-corrected chi connectivity index (χ2v) is 2.12. The van der Waals surface area contributed by atoms with E-state index in [1.165, 1.54) is 0 Å². The van der Waals surface area contributed by atoms with Gasteiger partial charge in [-0.3, -0.25) is 0 Å². The largest absolute Gasteiger partial charge is 0.524 e. The van der Waals surface area contributed by atoms with Crippen molar-refractivity contribution in [3.63, 3.8) is 0 Å². The number of rotatable bonds is 3. The van der Waals surface area contributed by atoms with Crippen molar-refractivity contribution in [2.75, 3.05) is 0 Å². The van der Waals surface area contributed by atoms with E-state index < -0.39 is 6.16 Å². The molecule has 0 unspecified atom stereocenters. The maximum Gasteiger partial charge on any atom is 0.524 e. The van der Waals surface area contributed by atoms with E-state index in [0.717, 1.165) is 19.3 Å². The van der Waals surface area contributed by atoms with Crippen LogP contribution in [0.3, 0.4) is 0 Å². The molecule has 3 heteroatoms. The monoisotopic (exact) mass is 142 g/mol. The lowest BCUT2D eigenvalue weighted by molar-refractivity contribution is -0.0267. The van der Waals surface area contributed by atoms with Gasteiger partial charge < -0.3 is 9.47 Å². The number of cyclic esters (lactones) is 2. The highest BCUT2D eigenvalue weighted by Crippen LogP contribution is 2.15. The number of carbonyl (C=O) groups excluding carboxylic acids is 1. The molecule has 0 spiro atoms. The number of carbonyl (C=O) groups is 1. The van der Waals surface area contributed by atoms with Crippen LogP contribution in [0.1, 0.15) is 26.2 Å². The van der Waals surface area contributed by atoms with Gasteiger partial charge in [-0.2, -0.15) is 0 Å². The molecule has 0 aromatic rings. The Morgan fingerprint density at radius 2 is 2.20 bits per heavy atom. The summed E-state index contributed by atoms with van der Waals surface area (Å²) in [5, 5.41) is 0. The Balaban J connectivity index is 2.11. The third-order valence-electron chi connectivity index (χ3n) is 1.24. The van der Waals surface area contributed by atoms with E-state index in [9.17, 15) is 4.79 Å². The van der Waals surface area contributed by atoms with Gasteiger partial charge >= 0.3 is 6.16 Å². The lowest BCUT2D eigenvalue weighted by Crippen LogP contribution is -2.19. The number of hydrogen-bond donors (Lipinski definition) is 0. The van der Waals surface area contributed by atoms with Crippen LogP contribution in [0, 0.1) is 0 Å². The summed E-state index contributed by atoms with van der Waals surface area (Å²) in [5.74, 6) is 0.360. The van der Waals surface area contributed by atoms with Gasteiger partial charge in [0.05, 0.1) is 0 Å². The van der Waals surface area contributed by atoms with Crippen LogP contribution >= 0.6 is 0 Å². The molecule has 0 saturated carbocycles. The Morgan fingerprint density at radius 1 is 1.50 bits per heavy atom. The zero-order valence-electron chi connectivity index (χ0n) is 5.92. The minimum Gasteiger partial charge on any atom is -0.360 e. The molecular weight excluding hydrogens is 132 g/mol. The Bertz CT molecular complexity index is 150. The minimum atomic E-state index is -0.595. The van der Waals surface area contributed by atoms with Crippen LogP contribution < -0.4 is 0 Å². The van der Waals surface area contributed by atoms with Gasteiger partial charge in [-0.1, -0.05) is 13.3 Å². The molecule has 0 aromatic carbocycles. The Labute approximate surface area is 59.6 Å². The highest BCUT2D eigenvalue weighted by molar-refractivity contribution is 5.67. The van der Waals surface area contributed by atoms with Crippen molar-refractivity contribution in [3.8, 4) is 0 Å². The van der Waals surface area contributed by atoms with Gasteiger partial charge in [0.1, 0.15) is 0 Å². The van der Waals surface area contributed by atoms with Crippen LogP contribution in [0.2, 0.25) is 0 Å². The molecule has 1 aliphatic heterocycles. The number of allylic oxidation sites excluding steroid dienone is 1. The van der Waals surface area contributed by atoms with Gasteiger partial charge in [0.25, 0.3) is 5.95 Å². The first-order valence-electron chi connectivity index (χ1n) is 3.42. The smallest absolute Gasteiger partial charge is 0.360 e. The molecule has 1 rings (SSSR count). The summed E-state index contributed by atoms with van der Waals surface area (Å²) in [4.78, 5) is 10.1. The quantitative estimate of drug-likeness (QED) is 0.447. The fourth-order valence-electron chi connectivity index (χ4n) is 0.679. The normalized spacial score (nSPS) is 15.3. The van der Waals surface area contributed by atoms with Crippen LogP contribution in [0.15, 0.2) is 12.0 Å². The molecule has 0 radical (unpaired) electrons. The van der Waals surface area contributed by atoms with Gasteiger partial charge in [-0.05, 0) is 18.9 Å². The van der Waals surface area contributed by atoms with E-state index in [1.807, 2.05) is 0 Å². The summed E-state index contributed by atoms with van der Waals surface area (Å²) < 4.78 is 8.97. The molecule has 0 aromatic heterocycles. The number of unbranched alkanes of at least 4 members (excludes halogenated alkanes) is 2. The van der Waals surface area contributed by atoms with Crippen molar-refractivity contribution in [2.45, 2.75) is 26.2 Å². The van der Waals surface area contributed by atoms with Crippen LogP contribution in [0.4, 0.5) is 4.79 Å². The highest BCUT2D eigenvalue weighted by atomic mass is 16.9. The van der Waals surface area contributed by atoms with Crippen LogP contribution in [-0.2, 0) is 9.47 Å². The first-order valence-corrected chi connectivity index (χ1v) is 3.42. The van der Waals surface area contributed by atoms with E-state index in [2.05, 4.69) is 16.4 Å². The second-order valence-electron chi connectivity index (χ2n) is 2.12. The van der Waals surface area contributed by atoms with Crippen LogP contribution in [0.25, 0.3) is 0 Å². The second kappa shape index (κ2) is 3.25. The predicted octanol–water partition coefficient (Wildman–Crippen LogP) is 2.18. The fourth-order valence-corrected chi connectivity index (χ4v) is 0.679. The molecule has 1 heterocycles. The maximum absolute atomic E-state index is 10.1. The minimum absolute atomic E-state index is 0.360. The number of ether oxygens (including phenoxy) is 2. The third kappa shape index (κ3) is 1.76. The van der Waals surface area contributed by atoms with E-state index in [0.29, 0.717) is 5.95 Å². The fraction of sp³-hybridized carbons (Fsp3) is 0.571. The predicted molar refractivity (Wildman–Crippen MR) is 35.2 cm³/mol. The van der Waals surface area contributed by atoms with Crippen molar-refractivity contribution >= 4 is 6.16 Å². The Hall–Kier alpha value is -0.990. The summed E-state index contributed by atoms with van der Waals surface area (Å²) in [6, 6.07) is 0. The maximum atomic E-state index is 10.1. The zero-order chi connectivity index (χ0) is 7.40. The SMILES string of the molecule is CCCCC=C1OC(=O)O1. The van der Waals surface area contributed by atoms with Gasteiger partial charge in [0.15, 0.2) is 0 Å². The average Bonchev–Trinajstić information content (AvgIpc) is 1.85. The van der Waals surface area contributed by atoms with Gasteiger partial charge in [0.2, 0.25) is 0 Å². The van der Waals surface area contributed by atoms with Crippen molar-refractivity contribution in [2.24, 2.45) is 0 Å². The average molecular weight is 142 g/mol. The van der Waals surface area contributed by atoms with Gasteiger partial charge in [-0.25, -0.2) is 4.79 Å². The van der Waals surface area contributed by atoms with Crippen LogP contribution in [0.5, 0.6) is 0 Å². The highest BCUT2D eigenvalue weighted by Gasteiger charge is 2.22. The number of hydrogen-bond acceptors (Lipinski definition) is 3. The van der Waals surface area contributed by atoms with Crippen molar-refractivity contribution in [1.29, 1.82) is 0 Å². The van der Waals surface area contributed by atoms with Crippen LogP contribution in [-0.4, -0.2) is 6.16 Å². The Morgan fingerprint density at radius 3 is 2.70 bits per heavy atom. The molecule has 0 atom stereocenters. The summed E-state index contributed by atoms with van der Waals surface area (Å²) in [6.07, 6.45) is 4.34. The molecule has 1 fully saturated rings. The zero-order valence-corrected chi connectivity index (χ0v) is 5.92. The Kier molecular flexibility index (Phi) is 2.31. The lowest BCUT2D eigenvalue weighted by atomic mass is 10.2. The molecule has 3 nitrogen and oxygen atoms in total. The lowest BCUT2D eigenvalue weighted by Gasteiger charge is -2.14. The molecular formula is C7H10O3.